The summed E-state index contributed by atoms with van der Waals surface area (Å²) in [6, 6.07) is 0. The second-order valence-corrected chi connectivity index (χ2v) is 2.88. The first kappa shape index (κ1) is 8.89. The van der Waals surface area contributed by atoms with E-state index in [2.05, 4.69) is 4.74 Å². The minimum Gasteiger partial charge on any atom is -0.394 e. The Labute approximate surface area is 63.8 Å². The monoisotopic (exact) mass is 164 g/mol. The molecule has 0 spiro atoms. The molecule has 5 nitrogen and oxygen atoms in total. The van der Waals surface area contributed by atoms with Crippen molar-refractivity contribution in [3.8, 4) is 0 Å². The van der Waals surface area contributed by atoms with E-state index in [0.717, 1.165) is 0 Å². The van der Waals surface area contributed by atoms with Gasteiger partial charge in [-0.05, 0) is 6.92 Å². The van der Waals surface area contributed by atoms with Gasteiger partial charge in [0.2, 0.25) is 0 Å². The van der Waals surface area contributed by atoms with Crippen molar-refractivity contribution in [2.75, 3.05) is 6.61 Å². The zero-order valence-corrected chi connectivity index (χ0v) is 6.14. The zero-order valence-electron chi connectivity index (χ0n) is 6.14. The van der Waals surface area contributed by atoms with Crippen LogP contribution in [-0.2, 0) is 4.74 Å². The molecule has 66 valence electrons. The van der Waals surface area contributed by atoms with Crippen molar-refractivity contribution < 1.29 is 25.2 Å². The Balaban J connectivity index is 2.71. The van der Waals surface area contributed by atoms with Crippen molar-refractivity contribution in [3.63, 3.8) is 0 Å². The lowest BCUT2D eigenvalue weighted by atomic mass is 9.98. The van der Waals surface area contributed by atoms with E-state index in [-0.39, 0.29) is 0 Å². The van der Waals surface area contributed by atoms with Crippen LogP contribution in [0.2, 0.25) is 0 Å². The molecule has 0 aromatic rings. The SMILES string of the molecule is C[C@]1(O)[C@@H](O)O[C@@H](CO)[C@@H]1O. The lowest BCUT2D eigenvalue weighted by Crippen LogP contribution is -2.45. The average Bonchev–Trinajstić information content (AvgIpc) is 2.14. The molecule has 0 saturated carbocycles. The van der Waals surface area contributed by atoms with Crippen LogP contribution in [0.1, 0.15) is 6.92 Å². The number of hydrogen-bond acceptors (Lipinski definition) is 5. The van der Waals surface area contributed by atoms with Crippen LogP contribution in [-0.4, -0.2) is 51.1 Å². The van der Waals surface area contributed by atoms with Crippen molar-refractivity contribution in [1.29, 1.82) is 0 Å². The van der Waals surface area contributed by atoms with Gasteiger partial charge in [-0.2, -0.15) is 0 Å². The van der Waals surface area contributed by atoms with Crippen LogP contribution in [0.15, 0.2) is 0 Å². The van der Waals surface area contributed by atoms with E-state index in [9.17, 15) is 10.2 Å². The molecule has 1 fully saturated rings. The number of hydrogen-bond donors (Lipinski definition) is 4. The van der Waals surface area contributed by atoms with E-state index in [4.69, 9.17) is 10.2 Å². The Morgan fingerprint density at radius 2 is 2.00 bits per heavy atom. The minimum atomic E-state index is -1.69. The summed E-state index contributed by atoms with van der Waals surface area (Å²) in [5, 5.41) is 36.1. The molecule has 1 saturated heterocycles. The van der Waals surface area contributed by atoms with Crippen LogP contribution in [0.3, 0.4) is 0 Å². The normalized spacial score (nSPS) is 51.5. The van der Waals surface area contributed by atoms with Crippen LogP contribution < -0.4 is 0 Å². The maximum absolute atomic E-state index is 9.30. The van der Waals surface area contributed by atoms with Crippen LogP contribution in [0, 0.1) is 0 Å². The summed E-state index contributed by atoms with van der Waals surface area (Å²) < 4.78 is 4.64. The molecule has 5 heteroatoms. The van der Waals surface area contributed by atoms with Gasteiger partial charge in [-0.25, -0.2) is 0 Å². The van der Waals surface area contributed by atoms with Gasteiger partial charge in [0.05, 0.1) is 6.61 Å². The van der Waals surface area contributed by atoms with Crippen molar-refractivity contribution in [3.05, 3.63) is 0 Å². The van der Waals surface area contributed by atoms with Crippen LogP contribution in [0.4, 0.5) is 0 Å². The summed E-state index contributed by atoms with van der Waals surface area (Å²) in [5.74, 6) is 0. The fourth-order valence-corrected chi connectivity index (χ4v) is 1.04. The van der Waals surface area contributed by atoms with Gasteiger partial charge in [-0.3, -0.25) is 0 Å². The number of ether oxygens (including phenoxy) is 1. The third kappa shape index (κ3) is 1.25. The topological polar surface area (TPSA) is 90.2 Å². The highest BCUT2D eigenvalue weighted by atomic mass is 16.7. The van der Waals surface area contributed by atoms with Gasteiger partial charge in [-0.1, -0.05) is 0 Å². The lowest BCUT2D eigenvalue weighted by Gasteiger charge is -2.22. The molecule has 1 aliphatic heterocycles. The van der Waals surface area contributed by atoms with Gasteiger partial charge in [0.15, 0.2) is 6.29 Å². The van der Waals surface area contributed by atoms with Crippen molar-refractivity contribution >= 4 is 0 Å². The van der Waals surface area contributed by atoms with E-state index in [1.54, 1.807) is 0 Å². The second kappa shape index (κ2) is 2.69. The Bertz CT molecular complexity index is 146. The lowest BCUT2D eigenvalue weighted by molar-refractivity contribution is -0.169. The van der Waals surface area contributed by atoms with Crippen molar-refractivity contribution in [1.82, 2.24) is 0 Å². The second-order valence-electron chi connectivity index (χ2n) is 2.88. The van der Waals surface area contributed by atoms with Gasteiger partial charge >= 0.3 is 0 Å². The summed E-state index contributed by atoms with van der Waals surface area (Å²) in [4.78, 5) is 0. The van der Waals surface area contributed by atoms with Gasteiger partial charge in [0.1, 0.15) is 17.8 Å². The molecule has 0 aromatic carbocycles. The Morgan fingerprint density at radius 1 is 1.45 bits per heavy atom. The molecule has 0 amide bonds. The molecular weight excluding hydrogens is 152 g/mol. The number of aliphatic hydroxyl groups is 4. The summed E-state index contributed by atoms with van der Waals surface area (Å²) in [6.07, 6.45) is -3.59. The third-order valence-electron chi connectivity index (χ3n) is 1.93. The summed E-state index contributed by atoms with van der Waals surface area (Å²) in [6.45, 7) is 0.826. The summed E-state index contributed by atoms with van der Waals surface area (Å²) in [7, 11) is 0. The zero-order chi connectivity index (χ0) is 8.65. The molecule has 4 atom stereocenters. The van der Waals surface area contributed by atoms with E-state index >= 15 is 0 Å². The number of aliphatic hydroxyl groups excluding tert-OH is 3. The van der Waals surface area contributed by atoms with Gasteiger partial charge < -0.3 is 25.2 Å². The van der Waals surface area contributed by atoms with Gasteiger partial charge in [-0.15, -0.1) is 0 Å². The minimum absolute atomic E-state index is 0.422. The van der Waals surface area contributed by atoms with E-state index in [1.807, 2.05) is 0 Å². The highest BCUT2D eigenvalue weighted by molar-refractivity contribution is 4.95. The van der Waals surface area contributed by atoms with E-state index in [1.165, 1.54) is 6.92 Å². The molecule has 4 N–H and O–H groups in total. The summed E-state index contributed by atoms with van der Waals surface area (Å²) >= 11 is 0. The predicted molar refractivity (Wildman–Crippen MR) is 34.6 cm³/mol. The molecule has 11 heavy (non-hydrogen) atoms. The molecule has 0 bridgehead atoms. The molecular formula is C6H12O5. The highest BCUT2D eigenvalue weighted by Crippen LogP contribution is 2.28. The largest absolute Gasteiger partial charge is 0.394 e. The molecule has 0 aromatic heterocycles. The fraction of sp³-hybridized carbons (Fsp3) is 1.00. The maximum Gasteiger partial charge on any atom is 0.186 e. The molecule has 1 aliphatic rings. The van der Waals surface area contributed by atoms with E-state index in [0.29, 0.717) is 0 Å². The Kier molecular flexibility index (Phi) is 2.17. The van der Waals surface area contributed by atoms with E-state index < -0.39 is 30.7 Å². The highest BCUT2D eigenvalue weighted by Gasteiger charge is 2.51. The maximum atomic E-state index is 9.30. The third-order valence-corrected chi connectivity index (χ3v) is 1.93. The Morgan fingerprint density at radius 3 is 2.18 bits per heavy atom. The van der Waals surface area contributed by atoms with Crippen LogP contribution in [0.25, 0.3) is 0 Å². The quantitative estimate of drug-likeness (QED) is 0.353. The molecule has 1 heterocycles. The van der Waals surface area contributed by atoms with Crippen molar-refractivity contribution in [2.24, 2.45) is 0 Å². The first-order chi connectivity index (χ1) is 5.00. The predicted octanol–water partition coefficient (Wildman–Crippen LogP) is -2.19. The molecule has 0 aliphatic carbocycles. The van der Waals surface area contributed by atoms with Crippen LogP contribution >= 0.6 is 0 Å². The first-order valence-electron chi connectivity index (χ1n) is 3.35. The molecule has 0 unspecified atom stereocenters. The molecule has 1 rings (SSSR count). The van der Waals surface area contributed by atoms with Gasteiger partial charge in [0.25, 0.3) is 0 Å². The van der Waals surface area contributed by atoms with Crippen LogP contribution in [0.5, 0.6) is 0 Å². The molecule has 0 radical (unpaired) electrons. The summed E-state index contributed by atoms with van der Waals surface area (Å²) in [5.41, 5.74) is -1.69. The Hall–Kier alpha value is -0.200. The first-order valence-corrected chi connectivity index (χ1v) is 3.35. The van der Waals surface area contributed by atoms with Crippen molar-refractivity contribution in [2.45, 2.75) is 31.0 Å². The standard InChI is InChI=1S/C6H12O5/c1-6(10)4(8)3(2-7)11-5(6)9/h3-5,7-10H,2H2,1H3/t3-,4-,5-,6+/m0/s1. The fourth-order valence-electron chi connectivity index (χ4n) is 1.04. The smallest absolute Gasteiger partial charge is 0.186 e. The van der Waals surface area contributed by atoms with Gasteiger partial charge in [0, 0.05) is 0 Å². The average molecular weight is 164 g/mol. The number of rotatable bonds is 1.